The number of carboxylic acid groups (broad SMARTS) is 1. The number of hydrogen-bond donors (Lipinski definition) is 1. The molecule has 1 unspecified atom stereocenters. The Morgan fingerprint density at radius 1 is 0.731 bits per heavy atom. The molecule has 0 radical (unpaired) electrons. The summed E-state index contributed by atoms with van der Waals surface area (Å²) >= 11 is 0. The number of rotatable bonds is 17. The number of carbonyl (C=O) groups is 1. The fraction of sp³-hybridized carbons (Fsp3) is 0.625. The monoisotopic (exact) mass is 360 g/mol. The maximum absolute atomic E-state index is 10.7. The van der Waals surface area contributed by atoms with Gasteiger partial charge in [0, 0.05) is 0 Å². The van der Waals surface area contributed by atoms with Crippen molar-refractivity contribution >= 4 is 5.97 Å². The van der Waals surface area contributed by atoms with Gasteiger partial charge in [0.15, 0.2) is 0 Å². The molecule has 2 nitrogen and oxygen atoms in total. The number of hydrogen-bond acceptors (Lipinski definition) is 1. The topological polar surface area (TPSA) is 37.3 Å². The van der Waals surface area contributed by atoms with Crippen LogP contribution in [0.4, 0.5) is 0 Å². The fourth-order valence-electron chi connectivity index (χ4n) is 2.56. The fourth-order valence-corrected chi connectivity index (χ4v) is 2.56. The molecule has 0 rings (SSSR count). The van der Waals surface area contributed by atoms with E-state index in [1.54, 1.807) is 6.92 Å². The van der Waals surface area contributed by atoms with E-state index in [0.29, 0.717) is 6.42 Å². The molecule has 0 aliphatic carbocycles. The third-order valence-electron chi connectivity index (χ3n) is 4.40. The van der Waals surface area contributed by atoms with Crippen LogP contribution >= 0.6 is 0 Å². The average Bonchev–Trinajstić information content (AvgIpc) is 2.63. The molecular formula is C24H40O2. The maximum Gasteiger partial charge on any atom is 0.306 e. The van der Waals surface area contributed by atoms with Crippen molar-refractivity contribution in [2.75, 3.05) is 0 Å². The minimum absolute atomic E-state index is 0.250. The molecule has 26 heavy (non-hydrogen) atoms. The van der Waals surface area contributed by atoms with Gasteiger partial charge >= 0.3 is 5.97 Å². The molecule has 1 N–H and O–H groups in total. The summed E-state index contributed by atoms with van der Waals surface area (Å²) in [5.74, 6) is -0.956. The van der Waals surface area contributed by atoms with Gasteiger partial charge in [-0.2, -0.15) is 0 Å². The Morgan fingerprint density at radius 2 is 1.19 bits per heavy atom. The first kappa shape index (κ1) is 24.4. The molecule has 0 aliphatic heterocycles. The molecule has 1 atom stereocenters. The molecule has 0 heterocycles. The first-order valence-corrected chi connectivity index (χ1v) is 10.5. The van der Waals surface area contributed by atoms with E-state index in [-0.39, 0.29) is 5.92 Å². The number of aliphatic carboxylic acids is 1. The van der Waals surface area contributed by atoms with E-state index in [9.17, 15) is 4.79 Å². The molecule has 2 heteroatoms. The highest BCUT2D eigenvalue weighted by Gasteiger charge is 2.08. The van der Waals surface area contributed by atoms with Gasteiger partial charge in [-0.15, -0.1) is 0 Å². The van der Waals surface area contributed by atoms with Crippen molar-refractivity contribution in [2.24, 2.45) is 5.92 Å². The predicted octanol–water partition coefficient (Wildman–Crippen LogP) is 7.63. The van der Waals surface area contributed by atoms with Crippen molar-refractivity contribution in [2.45, 2.75) is 90.9 Å². The Morgan fingerprint density at radius 3 is 1.73 bits per heavy atom. The number of allylic oxidation sites excluding steroid dienone is 8. The van der Waals surface area contributed by atoms with Crippen LogP contribution in [0, 0.1) is 5.92 Å². The van der Waals surface area contributed by atoms with Gasteiger partial charge < -0.3 is 5.11 Å². The standard InChI is InChI=1S/C24H40O2/c1-3-4-5-6-7-8-9-10-11-12-13-14-15-16-17-18-19-20-21-22-23(2)24(25)26/h10-11,13-14,16-17,19-20,23H,3-9,12,15,18,21-22H2,1-2H3,(H,25,26)/b11-10-,14-13-,17-16-,20-19-. The lowest BCUT2D eigenvalue weighted by Crippen LogP contribution is -2.08. The van der Waals surface area contributed by atoms with Crippen LogP contribution in [0.1, 0.15) is 90.9 Å². The van der Waals surface area contributed by atoms with Gasteiger partial charge in [-0.25, -0.2) is 0 Å². The van der Waals surface area contributed by atoms with Gasteiger partial charge in [0.25, 0.3) is 0 Å². The van der Waals surface area contributed by atoms with Crippen molar-refractivity contribution in [3.8, 4) is 0 Å². The summed E-state index contributed by atoms with van der Waals surface area (Å²) < 4.78 is 0. The Hall–Kier alpha value is -1.57. The van der Waals surface area contributed by atoms with Crippen LogP contribution in [-0.4, -0.2) is 11.1 Å². The molecule has 148 valence electrons. The van der Waals surface area contributed by atoms with Crippen LogP contribution in [0.5, 0.6) is 0 Å². The molecule has 0 saturated heterocycles. The van der Waals surface area contributed by atoms with E-state index in [2.05, 4.69) is 55.5 Å². The predicted molar refractivity (Wildman–Crippen MR) is 114 cm³/mol. The Balaban J connectivity index is 3.45. The lowest BCUT2D eigenvalue weighted by atomic mass is 10.1. The van der Waals surface area contributed by atoms with Crippen molar-refractivity contribution in [3.05, 3.63) is 48.6 Å². The summed E-state index contributed by atoms with van der Waals surface area (Å²) in [4.78, 5) is 10.7. The number of carboxylic acids is 1. The van der Waals surface area contributed by atoms with Gasteiger partial charge in [-0.1, -0.05) is 94.6 Å². The third-order valence-corrected chi connectivity index (χ3v) is 4.40. The molecule has 0 aromatic rings. The number of unbranched alkanes of at least 4 members (excludes halogenated alkanes) is 6. The molecule has 0 aliphatic rings. The van der Waals surface area contributed by atoms with E-state index >= 15 is 0 Å². The Kier molecular flexibility index (Phi) is 18.6. The van der Waals surface area contributed by atoms with E-state index in [0.717, 1.165) is 25.7 Å². The highest BCUT2D eigenvalue weighted by molar-refractivity contribution is 5.69. The molecular weight excluding hydrogens is 320 g/mol. The van der Waals surface area contributed by atoms with Crippen LogP contribution in [0.3, 0.4) is 0 Å². The van der Waals surface area contributed by atoms with Crippen LogP contribution in [-0.2, 0) is 4.79 Å². The largest absolute Gasteiger partial charge is 0.481 e. The normalized spacial score (nSPS) is 13.6. The highest BCUT2D eigenvalue weighted by Crippen LogP contribution is 2.08. The minimum atomic E-state index is -0.706. The van der Waals surface area contributed by atoms with Crippen molar-refractivity contribution in [3.63, 3.8) is 0 Å². The highest BCUT2D eigenvalue weighted by atomic mass is 16.4. The lowest BCUT2D eigenvalue weighted by Gasteiger charge is -2.01. The van der Waals surface area contributed by atoms with Crippen molar-refractivity contribution in [1.82, 2.24) is 0 Å². The van der Waals surface area contributed by atoms with Gasteiger partial charge in [0.2, 0.25) is 0 Å². The summed E-state index contributed by atoms with van der Waals surface area (Å²) in [6.45, 7) is 4.02. The zero-order valence-electron chi connectivity index (χ0n) is 17.0. The maximum atomic E-state index is 10.7. The smallest absolute Gasteiger partial charge is 0.306 e. The summed E-state index contributed by atoms with van der Waals surface area (Å²) in [6, 6.07) is 0. The summed E-state index contributed by atoms with van der Waals surface area (Å²) in [7, 11) is 0. The summed E-state index contributed by atoms with van der Waals surface area (Å²) in [6.07, 6.45) is 31.5. The lowest BCUT2D eigenvalue weighted by molar-refractivity contribution is -0.141. The molecule has 0 amide bonds. The zero-order valence-corrected chi connectivity index (χ0v) is 17.0. The van der Waals surface area contributed by atoms with Crippen LogP contribution in [0.2, 0.25) is 0 Å². The van der Waals surface area contributed by atoms with Crippen LogP contribution in [0.25, 0.3) is 0 Å². The van der Waals surface area contributed by atoms with Crippen molar-refractivity contribution < 1.29 is 9.90 Å². The second kappa shape index (κ2) is 19.8. The first-order valence-electron chi connectivity index (χ1n) is 10.5. The quantitative estimate of drug-likeness (QED) is 0.214. The Labute approximate surface area is 161 Å². The van der Waals surface area contributed by atoms with E-state index in [1.807, 2.05) is 0 Å². The average molecular weight is 361 g/mol. The third kappa shape index (κ3) is 18.8. The molecule has 0 fully saturated rings. The molecule has 0 bridgehead atoms. The molecule has 0 saturated carbocycles. The minimum Gasteiger partial charge on any atom is -0.481 e. The zero-order chi connectivity index (χ0) is 19.3. The molecule has 0 spiro atoms. The van der Waals surface area contributed by atoms with E-state index in [4.69, 9.17) is 5.11 Å². The van der Waals surface area contributed by atoms with Crippen molar-refractivity contribution in [1.29, 1.82) is 0 Å². The van der Waals surface area contributed by atoms with E-state index < -0.39 is 5.97 Å². The first-order chi connectivity index (χ1) is 12.7. The van der Waals surface area contributed by atoms with Gasteiger partial charge in [-0.05, 0) is 44.9 Å². The molecule has 0 aromatic heterocycles. The van der Waals surface area contributed by atoms with Crippen LogP contribution < -0.4 is 0 Å². The second-order valence-electron chi connectivity index (χ2n) is 6.97. The molecule has 0 aromatic carbocycles. The van der Waals surface area contributed by atoms with Gasteiger partial charge in [0.05, 0.1) is 5.92 Å². The van der Waals surface area contributed by atoms with Gasteiger partial charge in [0.1, 0.15) is 0 Å². The summed E-state index contributed by atoms with van der Waals surface area (Å²) in [5, 5.41) is 8.79. The second-order valence-corrected chi connectivity index (χ2v) is 6.97. The SMILES string of the molecule is CCCCCCCC/C=C\C/C=C\C/C=C\C/C=C\CCC(C)C(=O)O. The van der Waals surface area contributed by atoms with E-state index in [1.165, 1.54) is 44.9 Å². The van der Waals surface area contributed by atoms with Gasteiger partial charge in [-0.3, -0.25) is 4.79 Å². The Bertz CT molecular complexity index is 429. The summed E-state index contributed by atoms with van der Waals surface area (Å²) in [5.41, 5.74) is 0. The van der Waals surface area contributed by atoms with Crippen LogP contribution in [0.15, 0.2) is 48.6 Å².